The third kappa shape index (κ3) is 3.28. The molecule has 2 rings (SSSR count). The number of hydrogen-bond acceptors (Lipinski definition) is 3. The molecular weight excluding hydrogens is 216 g/mol. The van der Waals surface area contributed by atoms with Crippen LogP contribution in [0.1, 0.15) is 17.5 Å². The van der Waals surface area contributed by atoms with Crippen LogP contribution in [0.4, 0.5) is 0 Å². The highest BCUT2D eigenvalue weighted by Crippen LogP contribution is 2.09. The molecule has 1 fully saturated rings. The number of hydrogen-bond donors (Lipinski definition) is 2. The molecule has 0 aliphatic carbocycles. The Kier molecular flexibility index (Phi) is 4.12. The molecule has 4 nitrogen and oxygen atoms in total. The second kappa shape index (κ2) is 5.80. The molecule has 4 heteroatoms. The van der Waals surface area contributed by atoms with Gasteiger partial charge in [-0.25, -0.2) is 0 Å². The quantitative estimate of drug-likeness (QED) is 0.801. The van der Waals surface area contributed by atoms with Gasteiger partial charge in [-0.1, -0.05) is 24.3 Å². The fourth-order valence-corrected chi connectivity index (χ4v) is 2.03. The molecular formula is C13H18N2O2. The van der Waals surface area contributed by atoms with Crippen molar-refractivity contribution in [3.05, 3.63) is 35.4 Å². The summed E-state index contributed by atoms with van der Waals surface area (Å²) < 4.78 is 5.22. The van der Waals surface area contributed by atoms with E-state index in [0.717, 1.165) is 24.2 Å². The average molecular weight is 234 g/mol. The summed E-state index contributed by atoms with van der Waals surface area (Å²) in [5.74, 6) is 0.0430. The Morgan fingerprint density at radius 2 is 2.18 bits per heavy atom. The molecule has 0 bridgehead atoms. The number of nitrogens with two attached hydrogens (primary N) is 1. The van der Waals surface area contributed by atoms with Gasteiger partial charge in [0.1, 0.15) is 0 Å². The Labute approximate surface area is 101 Å². The summed E-state index contributed by atoms with van der Waals surface area (Å²) in [6.45, 7) is 1.84. The van der Waals surface area contributed by atoms with Gasteiger partial charge in [0.15, 0.2) is 0 Å². The summed E-state index contributed by atoms with van der Waals surface area (Å²) in [5.41, 5.74) is 7.68. The number of rotatable bonds is 4. The van der Waals surface area contributed by atoms with Crippen LogP contribution in [0.25, 0.3) is 0 Å². The molecule has 92 valence electrons. The lowest BCUT2D eigenvalue weighted by Gasteiger charge is -2.12. The van der Waals surface area contributed by atoms with Gasteiger partial charge in [0.2, 0.25) is 5.91 Å². The van der Waals surface area contributed by atoms with E-state index in [1.165, 1.54) is 0 Å². The first-order valence-electron chi connectivity index (χ1n) is 5.93. The Morgan fingerprint density at radius 1 is 1.41 bits per heavy atom. The molecule has 0 radical (unpaired) electrons. The molecule has 17 heavy (non-hydrogen) atoms. The van der Waals surface area contributed by atoms with Crippen LogP contribution < -0.4 is 11.1 Å². The first kappa shape index (κ1) is 12.1. The standard InChI is InChI=1S/C13H18N2O2/c14-8-11-4-2-1-3-10(11)7-13(16)15-12-5-6-17-9-12/h1-4,12H,5-9,14H2,(H,15,16). The van der Waals surface area contributed by atoms with Gasteiger partial charge in [0.05, 0.1) is 19.1 Å². The van der Waals surface area contributed by atoms with Gasteiger partial charge < -0.3 is 15.8 Å². The number of carbonyl (C=O) groups is 1. The topological polar surface area (TPSA) is 64.4 Å². The summed E-state index contributed by atoms with van der Waals surface area (Å²) in [4.78, 5) is 11.8. The Balaban J connectivity index is 1.92. The van der Waals surface area contributed by atoms with E-state index in [-0.39, 0.29) is 11.9 Å². The summed E-state index contributed by atoms with van der Waals surface area (Å²) in [5, 5.41) is 2.97. The van der Waals surface area contributed by atoms with Crippen LogP contribution in [-0.2, 0) is 22.5 Å². The van der Waals surface area contributed by atoms with Crippen LogP contribution in [0.2, 0.25) is 0 Å². The first-order valence-corrected chi connectivity index (χ1v) is 5.93. The van der Waals surface area contributed by atoms with Gasteiger partial charge in [-0.15, -0.1) is 0 Å². The normalized spacial score (nSPS) is 19.2. The number of carbonyl (C=O) groups excluding carboxylic acids is 1. The lowest BCUT2D eigenvalue weighted by molar-refractivity contribution is -0.121. The van der Waals surface area contributed by atoms with E-state index in [1.54, 1.807) is 0 Å². The molecule has 1 aliphatic heterocycles. The Morgan fingerprint density at radius 3 is 2.82 bits per heavy atom. The van der Waals surface area contributed by atoms with E-state index >= 15 is 0 Å². The van der Waals surface area contributed by atoms with Gasteiger partial charge in [-0.2, -0.15) is 0 Å². The summed E-state index contributed by atoms with van der Waals surface area (Å²) in [6.07, 6.45) is 1.30. The van der Waals surface area contributed by atoms with Crippen LogP contribution >= 0.6 is 0 Å². The molecule has 1 aliphatic rings. The number of nitrogens with one attached hydrogen (secondary N) is 1. The maximum atomic E-state index is 11.8. The molecule has 0 saturated carbocycles. The van der Waals surface area contributed by atoms with E-state index in [4.69, 9.17) is 10.5 Å². The van der Waals surface area contributed by atoms with Gasteiger partial charge in [-0.3, -0.25) is 4.79 Å². The molecule has 0 spiro atoms. The molecule has 1 aromatic rings. The number of benzene rings is 1. The highest BCUT2D eigenvalue weighted by Gasteiger charge is 2.18. The number of amides is 1. The molecule has 1 heterocycles. The smallest absolute Gasteiger partial charge is 0.224 e. The Bertz CT molecular complexity index is 387. The number of ether oxygens (including phenoxy) is 1. The lowest BCUT2D eigenvalue weighted by Crippen LogP contribution is -2.36. The SMILES string of the molecule is NCc1ccccc1CC(=O)NC1CCOC1. The molecule has 3 N–H and O–H groups in total. The van der Waals surface area contributed by atoms with Crippen LogP contribution in [0.5, 0.6) is 0 Å². The molecule has 1 atom stereocenters. The van der Waals surface area contributed by atoms with Gasteiger partial charge in [0, 0.05) is 13.2 Å². The molecule has 1 aromatic carbocycles. The highest BCUT2D eigenvalue weighted by molar-refractivity contribution is 5.79. The first-order chi connectivity index (χ1) is 8.29. The van der Waals surface area contributed by atoms with Crippen molar-refractivity contribution in [1.82, 2.24) is 5.32 Å². The van der Waals surface area contributed by atoms with Crippen molar-refractivity contribution in [1.29, 1.82) is 0 Å². The van der Waals surface area contributed by atoms with Crippen molar-refractivity contribution in [3.63, 3.8) is 0 Å². The van der Waals surface area contributed by atoms with E-state index < -0.39 is 0 Å². The second-order valence-corrected chi connectivity index (χ2v) is 4.28. The third-order valence-electron chi connectivity index (χ3n) is 2.98. The zero-order chi connectivity index (χ0) is 12.1. The van der Waals surface area contributed by atoms with Crippen molar-refractivity contribution in [2.75, 3.05) is 13.2 Å². The van der Waals surface area contributed by atoms with Crippen molar-refractivity contribution >= 4 is 5.91 Å². The minimum atomic E-state index is 0.0430. The van der Waals surface area contributed by atoms with Gasteiger partial charge in [-0.05, 0) is 17.5 Å². The van der Waals surface area contributed by atoms with Crippen molar-refractivity contribution < 1.29 is 9.53 Å². The maximum absolute atomic E-state index is 11.8. The van der Waals surface area contributed by atoms with E-state index in [1.807, 2.05) is 24.3 Å². The molecule has 0 aromatic heterocycles. The largest absolute Gasteiger partial charge is 0.379 e. The summed E-state index contributed by atoms with van der Waals surface area (Å²) >= 11 is 0. The van der Waals surface area contributed by atoms with Crippen molar-refractivity contribution in [3.8, 4) is 0 Å². The van der Waals surface area contributed by atoms with E-state index in [0.29, 0.717) is 19.6 Å². The van der Waals surface area contributed by atoms with E-state index in [2.05, 4.69) is 5.32 Å². The monoisotopic (exact) mass is 234 g/mol. The predicted octanol–water partition coefficient (Wildman–Crippen LogP) is 0.593. The minimum Gasteiger partial charge on any atom is -0.379 e. The summed E-state index contributed by atoms with van der Waals surface area (Å²) in [7, 11) is 0. The maximum Gasteiger partial charge on any atom is 0.224 e. The van der Waals surface area contributed by atoms with Crippen LogP contribution in [0, 0.1) is 0 Å². The molecule has 1 saturated heterocycles. The molecule has 1 amide bonds. The fourth-order valence-electron chi connectivity index (χ4n) is 2.03. The minimum absolute atomic E-state index is 0.0430. The average Bonchev–Trinajstić information content (AvgIpc) is 2.82. The molecule has 1 unspecified atom stereocenters. The van der Waals surface area contributed by atoms with Gasteiger partial charge >= 0.3 is 0 Å². The van der Waals surface area contributed by atoms with E-state index in [9.17, 15) is 4.79 Å². The zero-order valence-electron chi connectivity index (χ0n) is 9.82. The predicted molar refractivity (Wildman–Crippen MR) is 65.4 cm³/mol. The van der Waals surface area contributed by atoms with Crippen LogP contribution in [0.3, 0.4) is 0 Å². The van der Waals surface area contributed by atoms with Crippen molar-refractivity contribution in [2.24, 2.45) is 5.73 Å². The van der Waals surface area contributed by atoms with Crippen molar-refractivity contribution in [2.45, 2.75) is 25.4 Å². The lowest BCUT2D eigenvalue weighted by atomic mass is 10.0. The van der Waals surface area contributed by atoms with Crippen LogP contribution in [-0.4, -0.2) is 25.2 Å². The van der Waals surface area contributed by atoms with Gasteiger partial charge in [0.25, 0.3) is 0 Å². The Hall–Kier alpha value is -1.39. The summed E-state index contributed by atoms with van der Waals surface area (Å²) in [6, 6.07) is 7.95. The fraction of sp³-hybridized carbons (Fsp3) is 0.462. The third-order valence-corrected chi connectivity index (χ3v) is 2.98. The second-order valence-electron chi connectivity index (χ2n) is 4.28. The highest BCUT2D eigenvalue weighted by atomic mass is 16.5. The van der Waals surface area contributed by atoms with Crippen LogP contribution in [0.15, 0.2) is 24.3 Å². The zero-order valence-corrected chi connectivity index (χ0v) is 9.82.